The van der Waals surface area contributed by atoms with Crippen LogP contribution in [-0.2, 0) is 6.42 Å². The van der Waals surface area contributed by atoms with Crippen LogP contribution in [0.1, 0.15) is 69.5 Å². The maximum Gasteiger partial charge on any atom is 0.0323 e. The highest BCUT2D eigenvalue weighted by Crippen LogP contribution is 2.32. The van der Waals surface area contributed by atoms with Gasteiger partial charge in [-0.3, -0.25) is 0 Å². The fourth-order valence-corrected chi connectivity index (χ4v) is 3.34. The second kappa shape index (κ2) is 7.09. The van der Waals surface area contributed by atoms with Gasteiger partial charge in [-0.1, -0.05) is 63.8 Å². The molecule has 1 aromatic carbocycles. The van der Waals surface area contributed by atoms with Crippen LogP contribution >= 0.6 is 0 Å². The molecule has 1 saturated carbocycles. The van der Waals surface area contributed by atoms with Gasteiger partial charge in [-0.2, -0.15) is 0 Å². The van der Waals surface area contributed by atoms with Crippen molar-refractivity contribution in [3.05, 3.63) is 35.4 Å². The molecule has 1 unspecified atom stereocenters. The first-order chi connectivity index (χ1) is 9.16. The molecule has 0 aromatic heterocycles. The smallest absolute Gasteiger partial charge is 0.0323 e. The Morgan fingerprint density at radius 2 is 1.79 bits per heavy atom. The summed E-state index contributed by atoms with van der Waals surface area (Å²) in [6, 6.07) is 9.23. The summed E-state index contributed by atoms with van der Waals surface area (Å²) in [7, 11) is 0. The molecule has 0 radical (unpaired) electrons. The summed E-state index contributed by atoms with van der Waals surface area (Å²) in [5, 5.41) is 0. The Morgan fingerprint density at radius 1 is 1.11 bits per heavy atom. The van der Waals surface area contributed by atoms with Crippen LogP contribution in [0.4, 0.5) is 0 Å². The number of hydrogen-bond donors (Lipinski definition) is 1. The predicted octanol–water partition coefficient (Wildman–Crippen LogP) is 4.86. The van der Waals surface area contributed by atoms with E-state index in [0.717, 1.165) is 6.42 Å². The van der Waals surface area contributed by atoms with E-state index in [0.29, 0.717) is 11.8 Å². The number of hydrogen-bond acceptors (Lipinski definition) is 1. The number of rotatable bonds is 4. The topological polar surface area (TPSA) is 26.0 Å². The van der Waals surface area contributed by atoms with E-state index in [1.807, 2.05) is 0 Å². The molecular formula is C18H29N. The van der Waals surface area contributed by atoms with Gasteiger partial charge >= 0.3 is 0 Å². The zero-order valence-corrected chi connectivity index (χ0v) is 12.6. The molecule has 0 heterocycles. The second-order valence-electron chi connectivity index (χ2n) is 6.62. The Hall–Kier alpha value is -0.820. The maximum absolute atomic E-state index is 6.54. The van der Waals surface area contributed by atoms with Crippen LogP contribution in [0, 0.1) is 11.8 Å². The highest BCUT2D eigenvalue weighted by molar-refractivity contribution is 5.26. The molecular weight excluding hydrogens is 230 g/mol. The van der Waals surface area contributed by atoms with Crippen molar-refractivity contribution in [1.29, 1.82) is 0 Å². The lowest BCUT2D eigenvalue weighted by molar-refractivity contribution is 0.382. The first-order valence-corrected chi connectivity index (χ1v) is 8.01. The molecule has 1 heteroatoms. The summed E-state index contributed by atoms with van der Waals surface area (Å²) in [5.41, 5.74) is 9.33. The summed E-state index contributed by atoms with van der Waals surface area (Å²) < 4.78 is 0. The van der Waals surface area contributed by atoms with E-state index in [1.54, 1.807) is 0 Å². The molecule has 0 saturated heterocycles. The van der Waals surface area contributed by atoms with Crippen LogP contribution < -0.4 is 5.73 Å². The Kier molecular flexibility index (Phi) is 5.45. The van der Waals surface area contributed by atoms with E-state index in [9.17, 15) is 0 Å². The molecule has 1 nitrogen and oxygen atoms in total. The molecule has 0 bridgehead atoms. The molecule has 1 fully saturated rings. The monoisotopic (exact) mass is 259 g/mol. The van der Waals surface area contributed by atoms with E-state index in [-0.39, 0.29) is 6.04 Å². The molecule has 0 amide bonds. The van der Waals surface area contributed by atoms with Crippen molar-refractivity contribution in [2.24, 2.45) is 17.6 Å². The van der Waals surface area contributed by atoms with E-state index in [1.165, 1.54) is 49.7 Å². The Labute approximate surface area is 118 Å². The first kappa shape index (κ1) is 14.6. The average Bonchev–Trinajstić information content (AvgIpc) is 2.66. The molecule has 0 spiro atoms. The van der Waals surface area contributed by atoms with Crippen molar-refractivity contribution in [3.8, 4) is 0 Å². The number of benzene rings is 1. The van der Waals surface area contributed by atoms with Crippen molar-refractivity contribution in [1.82, 2.24) is 0 Å². The van der Waals surface area contributed by atoms with Gasteiger partial charge < -0.3 is 5.73 Å². The fourth-order valence-electron chi connectivity index (χ4n) is 3.34. The molecule has 1 atom stereocenters. The van der Waals surface area contributed by atoms with Crippen molar-refractivity contribution in [2.75, 3.05) is 0 Å². The highest BCUT2D eigenvalue weighted by atomic mass is 14.7. The molecule has 106 valence electrons. The molecule has 1 aliphatic rings. The van der Waals surface area contributed by atoms with Crippen molar-refractivity contribution < 1.29 is 0 Å². The minimum absolute atomic E-state index is 0.241. The lowest BCUT2D eigenvalue weighted by Crippen LogP contribution is -2.21. The Balaban J connectivity index is 2.06. The summed E-state index contributed by atoms with van der Waals surface area (Å²) in [4.78, 5) is 0. The lowest BCUT2D eigenvalue weighted by Gasteiger charge is -2.23. The van der Waals surface area contributed by atoms with Gasteiger partial charge in [0.25, 0.3) is 0 Å². The maximum atomic E-state index is 6.54. The standard InChI is InChI=1S/C18H29N/c1-14(2)12-15-8-7-11-17(13-15)18(19)16-9-5-3-4-6-10-16/h7-8,11,13-14,16,18H,3-6,9-10,12,19H2,1-2H3. The van der Waals surface area contributed by atoms with Gasteiger partial charge in [0.05, 0.1) is 0 Å². The van der Waals surface area contributed by atoms with Crippen LogP contribution in [0.3, 0.4) is 0 Å². The summed E-state index contributed by atoms with van der Waals surface area (Å²) in [6.07, 6.45) is 9.32. The third-order valence-corrected chi connectivity index (χ3v) is 4.39. The summed E-state index contributed by atoms with van der Waals surface area (Å²) in [6.45, 7) is 4.55. The molecule has 0 aliphatic heterocycles. The zero-order chi connectivity index (χ0) is 13.7. The highest BCUT2D eigenvalue weighted by Gasteiger charge is 2.21. The Bertz CT molecular complexity index is 375. The van der Waals surface area contributed by atoms with E-state index < -0.39 is 0 Å². The van der Waals surface area contributed by atoms with Crippen LogP contribution in [0.2, 0.25) is 0 Å². The second-order valence-corrected chi connectivity index (χ2v) is 6.62. The van der Waals surface area contributed by atoms with Crippen LogP contribution in [-0.4, -0.2) is 0 Å². The van der Waals surface area contributed by atoms with Crippen molar-refractivity contribution in [3.63, 3.8) is 0 Å². The van der Waals surface area contributed by atoms with Crippen molar-refractivity contribution in [2.45, 2.75) is 64.8 Å². The van der Waals surface area contributed by atoms with E-state index in [4.69, 9.17) is 5.73 Å². The normalized spacial score (nSPS) is 19.4. The molecule has 1 aliphatic carbocycles. The van der Waals surface area contributed by atoms with Gasteiger partial charge in [-0.25, -0.2) is 0 Å². The third-order valence-electron chi connectivity index (χ3n) is 4.39. The lowest BCUT2D eigenvalue weighted by atomic mass is 9.87. The zero-order valence-electron chi connectivity index (χ0n) is 12.6. The van der Waals surface area contributed by atoms with Gasteiger partial charge in [0, 0.05) is 6.04 Å². The molecule has 2 rings (SSSR count). The van der Waals surface area contributed by atoms with Gasteiger partial charge in [-0.15, -0.1) is 0 Å². The quantitative estimate of drug-likeness (QED) is 0.768. The van der Waals surface area contributed by atoms with Gasteiger partial charge in [0.2, 0.25) is 0 Å². The van der Waals surface area contributed by atoms with Gasteiger partial charge in [0.1, 0.15) is 0 Å². The minimum atomic E-state index is 0.241. The third kappa shape index (κ3) is 4.35. The van der Waals surface area contributed by atoms with Crippen LogP contribution in [0.15, 0.2) is 24.3 Å². The van der Waals surface area contributed by atoms with Gasteiger partial charge in [0.15, 0.2) is 0 Å². The average molecular weight is 259 g/mol. The first-order valence-electron chi connectivity index (χ1n) is 8.01. The van der Waals surface area contributed by atoms with Crippen molar-refractivity contribution >= 4 is 0 Å². The van der Waals surface area contributed by atoms with E-state index >= 15 is 0 Å². The SMILES string of the molecule is CC(C)Cc1cccc(C(N)C2CCCCCC2)c1. The molecule has 1 aromatic rings. The minimum Gasteiger partial charge on any atom is -0.324 e. The molecule has 2 N–H and O–H groups in total. The molecule has 19 heavy (non-hydrogen) atoms. The van der Waals surface area contributed by atoms with E-state index in [2.05, 4.69) is 38.1 Å². The van der Waals surface area contributed by atoms with Gasteiger partial charge in [-0.05, 0) is 42.2 Å². The number of nitrogens with two attached hydrogens (primary N) is 1. The largest absolute Gasteiger partial charge is 0.324 e. The predicted molar refractivity (Wildman–Crippen MR) is 83.1 cm³/mol. The Morgan fingerprint density at radius 3 is 2.42 bits per heavy atom. The summed E-state index contributed by atoms with van der Waals surface area (Å²) in [5.74, 6) is 1.40. The fraction of sp³-hybridized carbons (Fsp3) is 0.667. The summed E-state index contributed by atoms with van der Waals surface area (Å²) >= 11 is 0. The van der Waals surface area contributed by atoms with Crippen LogP contribution in [0.25, 0.3) is 0 Å². The van der Waals surface area contributed by atoms with Crippen LogP contribution in [0.5, 0.6) is 0 Å².